The lowest BCUT2D eigenvalue weighted by Gasteiger charge is -2.12. The Morgan fingerprint density at radius 2 is 1.32 bits per heavy atom. The Balaban J connectivity index is 3.76. The molecular weight excluding hydrogens is 232 g/mol. The highest BCUT2D eigenvalue weighted by atomic mass is 16.2. The smallest absolute Gasteiger partial charge is 0.0465 e. The highest BCUT2D eigenvalue weighted by Gasteiger charge is 2.04. The predicted molar refractivity (Wildman–Crippen MR) is 86.5 cm³/mol. The summed E-state index contributed by atoms with van der Waals surface area (Å²) >= 11 is 0. The molecule has 0 rings (SSSR count). The molecule has 1 atom stereocenters. The van der Waals surface area contributed by atoms with E-state index in [-0.39, 0.29) is 6.61 Å². The van der Waals surface area contributed by atoms with Crippen LogP contribution < -0.4 is 0 Å². The average molecular weight is 268 g/mol. The molecule has 0 saturated heterocycles. The minimum Gasteiger partial charge on any atom is -0.396 e. The van der Waals surface area contributed by atoms with Gasteiger partial charge in [-0.15, -0.1) is 0 Å². The third-order valence-electron chi connectivity index (χ3n) is 3.81. The zero-order valence-electron chi connectivity index (χ0n) is 13.4. The van der Waals surface area contributed by atoms with Gasteiger partial charge in [0.25, 0.3) is 0 Å². The summed E-state index contributed by atoms with van der Waals surface area (Å²) in [4.78, 5) is 0. The number of rotatable bonds is 14. The molecule has 0 spiro atoms. The number of unbranched alkanes of at least 4 members (excludes halogenated alkanes) is 7. The monoisotopic (exact) mass is 268 g/mol. The Kier molecular flexibility index (Phi) is 15.5. The highest BCUT2D eigenvalue weighted by molar-refractivity contribution is 4.88. The summed E-state index contributed by atoms with van der Waals surface area (Å²) in [5.41, 5.74) is 0. The maximum atomic E-state index is 8.85. The zero-order chi connectivity index (χ0) is 14.2. The van der Waals surface area contributed by atoms with Crippen LogP contribution in [0.1, 0.15) is 90.9 Å². The van der Waals surface area contributed by atoms with E-state index in [2.05, 4.69) is 26.0 Å². The van der Waals surface area contributed by atoms with E-state index in [0.29, 0.717) is 0 Å². The van der Waals surface area contributed by atoms with Gasteiger partial charge in [-0.25, -0.2) is 0 Å². The van der Waals surface area contributed by atoms with Gasteiger partial charge in [0.15, 0.2) is 0 Å². The molecule has 0 aromatic carbocycles. The minimum absolute atomic E-state index is 0.287. The van der Waals surface area contributed by atoms with E-state index >= 15 is 0 Å². The molecule has 0 aromatic heterocycles. The van der Waals surface area contributed by atoms with Crippen molar-refractivity contribution in [2.24, 2.45) is 5.92 Å². The van der Waals surface area contributed by atoms with Crippen molar-refractivity contribution in [3.63, 3.8) is 0 Å². The first-order valence-electron chi connectivity index (χ1n) is 8.62. The molecule has 114 valence electrons. The standard InChI is InChI=1S/C18H36O/c1-3-5-7-9-11-15-18(16-12-13-17-19)14-10-8-6-4-2/h12,16,18-19H,3-11,13-15,17H2,1-2H3/b16-12+. The normalized spacial score (nSPS) is 13.2. The van der Waals surface area contributed by atoms with Gasteiger partial charge in [0.1, 0.15) is 0 Å². The van der Waals surface area contributed by atoms with E-state index in [4.69, 9.17) is 5.11 Å². The lowest BCUT2D eigenvalue weighted by Crippen LogP contribution is -1.98. The molecule has 0 aliphatic rings. The Morgan fingerprint density at radius 3 is 1.84 bits per heavy atom. The summed E-state index contributed by atoms with van der Waals surface area (Å²) in [7, 11) is 0. The van der Waals surface area contributed by atoms with E-state index < -0.39 is 0 Å². The maximum Gasteiger partial charge on any atom is 0.0465 e. The molecule has 0 radical (unpaired) electrons. The van der Waals surface area contributed by atoms with Gasteiger partial charge in [0.2, 0.25) is 0 Å². The van der Waals surface area contributed by atoms with Crippen molar-refractivity contribution in [3.8, 4) is 0 Å². The van der Waals surface area contributed by atoms with Crippen LogP contribution in [0, 0.1) is 5.92 Å². The Morgan fingerprint density at radius 1 is 0.789 bits per heavy atom. The zero-order valence-corrected chi connectivity index (χ0v) is 13.4. The number of hydrogen-bond donors (Lipinski definition) is 1. The SMILES string of the molecule is CCCCCCCC(/C=C/CCO)CCCCCC. The molecule has 0 aliphatic heterocycles. The summed E-state index contributed by atoms with van der Waals surface area (Å²) in [6.07, 6.45) is 20.4. The van der Waals surface area contributed by atoms with Crippen LogP contribution in [0.15, 0.2) is 12.2 Å². The van der Waals surface area contributed by atoms with E-state index in [1.807, 2.05) is 0 Å². The van der Waals surface area contributed by atoms with Crippen molar-refractivity contribution >= 4 is 0 Å². The molecule has 0 aromatic rings. The lowest BCUT2D eigenvalue weighted by atomic mass is 9.94. The summed E-state index contributed by atoms with van der Waals surface area (Å²) in [5.74, 6) is 0.755. The third kappa shape index (κ3) is 13.9. The van der Waals surface area contributed by atoms with Gasteiger partial charge >= 0.3 is 0 Å². The summed E-state index contributed by atoms with van der Waals surface area (Å²) in [6, 6.07) is 0. The van der Waals surface area contributed by atoms with E-state index in [1.165, 1.54) is 70.6 Å². The van der Waals surface area contributed by atoms with Crippen molar-refractivity contribution in [2.75, 3.05) is 6.61 Å². The maximum absolute atomic E-state index is 8.85. The minimum atomic E-state index is 0.287. The first kappa shape index (κ1) is 18.7. The molecular formula is C18H36O. The second-order valence-electron chi connectivity index (χ2n) is 5.75. The molecule has 0 heterocycles. The Labute approximate surface area is 121 Å². The number of allylic oxidation sites excluding steroid dienone is 1. The van der Waals surface area contributed by atoms with Crippen LogP contribution in [0.25, 0.3) is 0 Å². The fourth-order valence-corrected chi connectivity index (χ4v) is 2.54. The molecule has 0 fully saturated rings. The van der Waals surface area contributed by atoms with Crippen LogP contribution in [0.4, 0.5) is 0 Å². The van der Waals surface area contributed by atoms with Crippen LogP contribution >= 0.6 is 0 Å². The fourth-order valence-electron chi connectivity index (χ4n) is 2.54. The second-order valence-corrected chi connectivity index (χ2v) is 5.75. The molecule has 0 bridgehead atoms. The van der Waals surface area contributed by atoms with Crippen molar-refractivity contribution in [1.82, 2.24) is 0 Å². The van der Waals surface area contributed by atoms with E-state index in [0.717, 1.165) is 12.3 Å². The third-order valence-corrected chi connectivity index (χ3v) is 3.81. The molecule has 1 nitrogen and oxygen atoms in total. The van der Waals surface area contributed by atoms with Gasteiger partial charge in [-0.3, -0.25) is 0 Å². The van der Waals surface area contributed by atoms with E-state index in [1.54, 1.807) is 0 Å². The molecule has 1 heteroatoms. The van der Waals surface area contributed by atoms with Crippen molar-refractivity contribution < 1.29 is 5.11 Å². The molecule has 1 N–H and O–H groups in total. The summed E-state index contributed by atoms with van der Waals surface area (Å²) in [6.45, 7) is 4.83. The van der Waals surface area contributed by atoms with Crippen molar-refractivity contribution in [2.45, 2.75) is 90.9 Å². The number of hydrogen-bond acceptors (Lipinski definition) is 1. The number of aliphatic hydroxyl groups excluding tert-OH is 1. The lowest BCUT2D eigenvalue weighted by molar-refractivity contribution is 0.302. The van der Waals surface area contributed by atoms with Gasteiger partial charge < -0.3 is 5.11 Å². The largest absolute Gasteiger partial charge is 0.396 e. The van der Waals surface area contributed by atoms with E-state index in [9.17, 15) is 0 Å². The van der Waals surface area contributed by atoms with Crippen LogP contribution in [-0.4, -0.2) is 11.7 Å². The first-order valence-corrected chi connectivity index (χ1v) is 8.62. The molecule has 0 saturated carbocycles. The first-order chi connectivity index (χ1) is 9.35. The fraction of sp³-hybridized carbons (Fsp3) is 0.889. The Hall–Kier alpha value is -0.300. The van der Waals surface area contributed by atoms with Gasteiger partial charge in [-0.2, -0.15) is 0 Å². The topological polar surface area (TPSA) is 20.2 Å². The molecule has 0 amide bonds. The molecule has 19 heavy (non-hydrogen) atoms. The molecule has 1 unspecified atom stereocenters. The Bertz CT molecular complexity index is 186. The second kappa shape index (κ2) is 15.8. The van der Waals surface area contributed by atoms with Crippen LogP contribution in [0.5, 0.6) is 0 Å². The van der Waals surface area contributed by atoms with Crippen molar-refractivity contribution in [1.29, 1.82) is 0 Å². The van der Waals surface area contributed by atoms with Crippen LogP contribution in [0.3, 0.4) is 0 Å². The summed E-state index contributed by atoms with van der Waals surface area (Å²) < 4.78 is 0. The average Bonchev–Trinajstić information content (AvgIpc) is 2.42. The van der Waals surface area contributed by atoms with Gasteiger partial charge in [-0.05, 0) is 25.2 Å². The highest BCUT2D eigenvalue weighted by Crippen LogP contribution is 2.20. The number of aliphatic hydroxyl groups is 1. The van der Waals surface area contributed by atoms with Crippen molar-refractivity contribution in [3.05, 3.63) is 12.2 Å². The predicted octanol–water partition coefficient (Wildman–Crippen LogP) is 5.87. The summed E-state index contributed by atoms with van der Waals surface area (Å²) in [5, 5.41) is 8.85. The van der Waals surface area contributed by atoms with Crippen LogP contribution in [0.2, 0.25) is 0 Å². The quantitative estimate of drug-likeness (QED) is 0.308. The van der Waals surface area contributed by atoms with Gasteiger partial charge in [-0.1, -0.05) is 83.8 Å². The molecule has 0 aliphatic carbocycles. The van der Waals surface area contributed by atoms with Gasteiger partial charge in [0, 0.05) is 6.61 Å². The van der Waals surface area contributed by atoms with Gasteiger partial charge in [0.05, 0.1) is 0 Å². The van der Waals surface area contributed by atoms with Crippen LogP contribution in [-0.2, 0) is 0 Å².